The molecule has 1 unspecified atom stereocenters. The number of halogens is 3. The molecule has 6 rings (SSSR count). The molecule has 0 fully saturated rings. The summed E-state index contributed by atoms with van der Waals surface area (Å²) in [6.07, 6.45) is -3.04. The number of aryl methyl sites for hydroxylation is 2. The number of rotatable bonds is 11. The molecule has 2 heterocycles. The maximum absolute atomic E-state index is 12.3. The predicted octanol–water partition coefficient (Wildman–Crippen LogP) is 17.3. The molecule has 0 amide bonds. The molecule has 67 heavy (non-hydrogen) atoms. The van der Waals surface area contributed by atoms with E-state index in [2.05, 4.69) is 128 Å². The summed E-state index contributed by atoms with van der Waals surface area (Å²) in [5, 5.41) is 13.0. The minimum atomic E-state index is -4.33. The van der Waals surface area contributed by atoms with Crippen molar-refractivity contribution in [2.45, 2.75) is 158 Å². The molecule has 0 aliphatic rings. The fourth-order valence-corrected chi connectivity index (χ4v) is 7.64. The van der Waals surface area contributed by atoms with Crippen LogP contribution in [0.15, 0.2) is 96.9 Å². The summed E-state index contributed by atoms with van der Waals surface area (Å²) in [6, 6.07) is 28.1. The Morgan fingerprint density at radius 3 is 1.39 bits per heavy atom. The van der Waals surface area contributed by atoms with Crippen LogP contribution in [0.2, 0.25) is 0 Å². The number of fused-ring (bicyclic) bond motifs is 2. The van der Waals surface area contributed by atoms with Crippen LogP contribution in [0.1, 0.15) is 166 Å². The molecule has 0 aliphatic carbocycles. The smallest absolute Gasteiger partial charge is 0.389 e. The van der Waals surface area contributed by atoms with Gasteiger partial charge >= 0.3 is 6.18 Å². The largest absolute Gasteiger partial charge is 0.512 e. The van der Waals surface area contributed by atoms with Gasteiger partial charge in [0, 0.05) is 50.4 Å². The van der Waals surface area contributed by atoms with Crippen molar-refractivity contribution in [1.82, 2.24) is 9.97 Å². The van der Waals surface area contributed by atoms with Crippen molar-refractivity contribution in [2.24, 2.45) is 11.8 Å². The summed E-state index contributed by atoms with van der Waals surface area (Å²) in [4.78, 5) is 20.6. The van der Waals surface area contributed by atoms with Gasteiger partial charge in [-0.3, -0.25) is 4.79 Å². The standard InChI is InChI=1S/2C23H26N.C13H21F3O2.Ir/c2*1-15(2)17-7-8-21-18(13-17)9-10-24-22(21)19-11-16(3)12-20(14-19)23(4,5)6;1-4-9(5-2)11(17)7-12(18)10(6-3)8-13(14,15)16;/h2*7-10,12-15H,1-6H3;7,9-10,18H,4-6,8H2,1-3H3;/q2*-1;;/b;;12-7-;/i2*9D,10D;;. The second-order valence-electron chi connectivity index (χ2n) is 20.2. The topological polar surface area (TPSA) is 63.1 Å². The minimum Gasteiger partial charge on any atom is -0.512 e. The average molecular weight is 1100 g/mol. The number of hydrogen-bond donors (Lipinski definition) is 1. The van der Waals surface area contributed by atoms with E-state index >= 15 is 0 Å². The van der Waals surface area contributed by atoms with E-state index in [-0.39, 0.29) is 73.5 Å². The Hall–Kier alpha value is -4.65. The van der Waals surface area contributed by atoms with Crippen molar-refractivity contribution in [3.8, 4) is 22.5 Å². The SMILES string of the molecule is CCC(CC)C(=O)/C=C(\O)C(CC)CC(F)(F)F.[2H]c1nc(-c2[c-]c(C)cc(C(C)(C)C)c2)c2ccc(C(C)C)cc2c1[2H].[2H]c1nc(-c2[c-]c(C)cc(C(C)(C)C)c2)c2ccc(C(C)C)cc2c1[2H].[Ir]. The van der Waals surface area contributed by atoms with E-state index in [1.54, 1.807) is 6.92 Å². The Labute approximate surface area is 419 Å². The van der Waals surface area contributed by atoms with Crippen LogP contribution < -0.4 is 0 Å². The maximum atomic E-state index is 12.3. The molecular formula is C59H73F3IrN2O2-2. The van der Waals surface area contributed by atoms with Gasteiger partial charge in [0.2, 0.25) is 0 Å². The van der Waals surface area contributed by atoms with E-state index in [1.165, 1.54) is 22.3 Å². The van der Waals surface area contributed by atoms with Gasteiger partial charge in [0.1, 0.15) is 0 Å². The van der Waals surface area contributed by atoms with Crippen LogP contribution in [0.4, 0.5) is 13.2 Å². The molecule has 6 aromatic rings. The summed E-state index contributed by atoms with van der Waals surface area (Å²) >= 11 is 0. The third kappa shape index (κ3) is 16.0. The number of hydrogen-bond acceptors (Lipinski definition) is 4. The molecule has 0 aliphatic heterocycles. The average Bonchev–Trinajstić information content (AvgIpc) is 3.27. The van der Waals surface area contributed by atoms with Crippen LogP contribution >= 0.6 is 0 Å². The number of alkyl halides is 3. The first kappa shape index (κ1) is 50.2. The first-order valence-electron chi connectivity index (χ1n) is 25.3. The molecule has 0 bridgehead atoms. The number of nitrogens with zero attached hydrogens (tertiary/aromatic N) is 2. The molecule has 0 saturated carbocycles. The monoisotopic (exact) mass is 1100 g/mol. The Bertz CT molecular complexity index is 2680. The van der Waals surface area contributed by atoms with Crippen molar-refractivity contribution < 1.29 is 48.7 Å². The van der Waals surface area contributed by atoms with E-state index in [0.717, 1.165) is 61.3 Å². The van der Waals surface area contributed by atoms with E-state index < -0.39 is 24.3 Å². The molecule has 1 atom stereocenters. The van der Waals surface area contributed by atoms with E-state index in [0.29, 0.717) is 24.7 Å². The van der Waals surface area contributed by atoms with Gasteiger partial charge < -0.3 is 15.1 Å². The van der Waals surface area contributed by atoms with Crippen LogP contribution in [-0.4, -0.2) is 27.0 Å². The molecule has 8 heteroatoms. The fraction of sp³-hybridized carbons (Fsp3) is 0.441. The van der Waals surface area contributed by atoms with Crippen molar-refractivity contribution in [2.75, 3.05) is 0 Å². The van der Waals surface area contributed by atoms with Crippen molar-refractivity contribution in [3.63, 3.8) is 0 Å². The van der Waals surface area contributed by atoms with Crippen LogP contribution in [0.3, 0.4) is 0 Å². The third-order valence-electron chi connectivity index (χ3n) is 12.0. The Balaban J connectivity index is 0.000000286. The molecule has 0 saturated heterocycles. The number of aliphatic hydroxyl groups excluding tert-OH is 1. The first-order valence-corrected chi connectivity index (χ1v) is 23.3. The summed E-state index contributed by atoms with van der Waals surface area (Å²) < 4.78 is 69.8. The van der Waals surface area contributed by atoms with Gasteiger partial charge in [0.05, 0.1) is 17.7 Å². The van der Waals surface area contributed by atoms with Crippen LogP contribution in [0, 0.1) is 37.8 Å². The van der Waals surface area contributed by atoms with Gasteiger partial charge in [-0.05, 0) is 98.1 Å². The quantitative estimate of drug-likeness (QED) is 0.0798. The molecule has 0 spiro atoms. The number of benzene rings is 4. The molecule has 2 aromatic heterocycles. The van der Waals surface area contributed by atoms with Crippen LogP contribution in [0.25, 0.3) is 44.1 Å². The Morgan fingerprint density at radius 1 is 0.672 bits per heavy atom. The molecular weight excluding hydrogens is 1020 g/mol. The van der Waals surface area contributed by atoms with Gasteiger partial charge in [-0.25, -0.2) is 0 Å². The van der Waals surface area contributed by atoms with Gasteiger partial charge in [-0.1, -0.05) is 140 Å². The zero-order valence-corrected chi connectivity index (χ0v) is 44.6. The first-order chi connectivity index (χ1) is 32.4. The minimum absolute atomic E-state index is 0. The van der Waals surface area contributed by atoms with Crippen molar-refractivity contribution in [1.29, 1.82) is 0 Å². The normalized spacial score (nSPS) is 13.5. The van der Waals surface area contributed by atoms with Gasteiger partial charge in [-0.15, -0.1) is 69.8 Å². The molecule has 4 aromatic carbocycles. The molecule has 1 N–H and O–H groups in total. The fourth-order valence-electron chi connectivity index (χ4n) is 7.64. The Kier molecular flexibility index (Phi) is 18.0. The third-order valence-corrected chi connectivity index (χ3v) is 12.0. The number of aromatic nitrogens is 2. The zero-order chi connectivity index (χ0) is 52.8. The second-order valence-corrected chi connectivity index (χ2v) is 20.2. The number of allylic oxidation sites excluding steroid dienone is 2. The number of carbonyl (C=O) groups excluding carboxylic acids is 1. The summed E-state index contributed by atoms with van der Waals surface area (Å²) in [6.45, 7) is 31.0. The van der Waals surface area contributed by atoms with Crippen molar-refractivity contribution in [3.05, 3.63) is 142 Å². The molecule has 1 radical (unpaired) electrons. The molecule has 363 valence electrons. The van der Waals surface area contributed by atoms with Gasteiger partial charge in [-0.2, -0.15) is 13.2 Å². The van der Waals surface area contributed by atoms with E-state index in [9.17, 15) is 23.1 Å². The van der Waals surface area contributed by atoms with Gasteiger partial charge in [0.15, 0.2) is 5.78 Å². The van der Waals surface area contributed by atoms with Crippen LogP contribution in [-0.2, 0) is 35.7 Å². The number of aliphatic hydroxyl groups is 1. The predicted molar refractivity (Wildman–Crippen MR) is 271 cm³/mol. The summed E-state index contributed by atoms with van der Waals surface area (Å²) in [5.41, 5.74) is 10.2. The molecule has 4 nitrogen and oxygen atoms in total. The van der Waals surface area contributed by atoms with Crippen LogP contribution in [0.5, 0.6) is 0 Å². The van der Waals surface area contributed by atoms with E-state index in [1.807, 2.05) is 52.0 Å². The number of carbonyl (C=O) groups is 1. The summed E-state index contributed by atoms with van der Waals surface area (Å²) in [7, 11) is 0. The maximum Gasteiger partial charge on any atom is 0.389 e. The van der Waals surface area contributed by atoms with Crippen molar-refractivity contribution >= 4 is 27.3 Å². The van der Waals surface area contributed by atoms with E-state index in [4.69, 9.17) is 5.48 Å². The Morgan fingerprint density at radius 2 is 1.06 bits per heavy atom. The number of ketones is 1. The zero-order valence-electron chi connectivity index (χ0n) is 46.2. The van der Waals surface area contributed by atoms with Gasteiger partial charge in [0.25, 0.3) is 0 Å². The number of pyridine rings is 2. The second kappa shape index (κ2) is 24.1. The summed E-state index contributed by atoms with van der Waals surface area (Å²) in [5.74, 6) is -1.24.